The Bertz CT molecular complexity index is 519. The molecule has 2 rings (SSSR count). The molecule has 1 heterocycles. The summed E-state index contributed by atoms with van der Waals surface area (Å²) in [6.45, 7) is 0. The van der Waals surface area contributed by atoms with Gasteiger partial charge in [0.05, 0.1) is 4.47 Å². The van der Waals surface area contributed by atoms with Crippen LogP contribution in [0.5, 0.6) is 11.6 Å². The maximum atomic E-state index is 5.62. The number of para-hydroxylation sites is 1. The largest absolute Gasteiger partial charge is 0.436 e. The van der Waals surface area contributed by atoms with E-state index in [-0.39, 0.29) is 0 Å². The van der Waals surface area contributed by atoms with E-state index in [0.29, 0.717) is 21.9 Å². The normalized spacial score (nSPS) is 10.1. The molecule has 0 saturated carbocycles. The van der Waals surface area contributed by atoms with Gasteiger partial charge in [0.1, 0.15) is 22.4 Å². The van der Waals surface area contributed by atoms with Gasteiger partial charge in [-0.15, -0.1) is 0 Å². The van der Waals surface area contributed by atoms with E-state index >= 15 is 0 Å². The highest BCUT2D eigenvalue weighted by molar-refractivity contribution is 9.11. The number of nitrogen functional groups attached to an aromatic ring is 1. The zero-order chi connectivity index (χ0) is 11.5. The lowest BCUT2D eigenvalue weighted by atomic mass is 10.3. The highest BCUT2D eigenvalue weighted by Crippen LogP contribution is 2.33. The minimum absolute atomic E-state index is 0.344. The molecular weight excluding hydrogens is 338 g/mol. The average molecular weight is 345 g/mol. The third-order valence-electron chi connectivity index (χ3n) is 1.83. The number of nitrogens with zero attached hydrogens (tertiary/aromatic N) is 2. The number of benzene rings is 1. The van der Waals surface area contributed by atoms with Gasteiger partial charge >= 0.3 is 0 Å². The number of rotatable bonds is 2. The molecule has 0 saturated heterocycles. The first-order chi connectivity index (χ1) is 7.68. The van der Waals surface area contributed by atoms with Crippen molar-refractivity contribution in [2.75, 3.05) is 5.73 Å². The molecule has 16 heavy (non-hydrogen) atoms. The molecule has 0 amide bonds. The van der Waals surface area contributed by atoms with Crippen molar-refractivity contribution in [3.8, 4) is 11.6 Å². The molecule has 0 aliphatic heterocycles. The highest BCUT2D eigenvalue weighted by atomic mass is 79.9. The van der Waals surface area contributed by atoms with Gasteiger partial charge in [-0.1, -0.05) is 12.1 Å². The number of ether oxygens (including phenoxy) is 1. The molecule has 6 heteroatoms. The van der Waals surface area contributed by atoms with Crippen molar-refractivity contribution in [2.45, 2.75) is 0 Å². The lowest BCUT2D eigenvalue weighted by molar-refractivity contribution is 0.456. The maximum absolute atomic E-state index is 5.62. The summed E-state index contributed by atoms with van der Waals surface area (Å²) < 4.78 is 6.99. The standard InChI is InChI=1S/C10H7Br2N3O/c11-6-3-1-2-4-7(6)16-10-8(12)9(13)14-5-15-10/h1-5H,(H2,13,14,15). The second-order valence-electron chi connectivity index (χ2n) is 2.91. The number of halogens is 2. The molecule has 1 aromatic heterocycles. The summed E-state index contributed by atoms with van der Waals surface area (Å²) in [6, 6.07) is 7.49. The number of aromatic nitrogens is 2. The van der Waals surface area contributed by atoms with Gasteiger partial charge < -0.3 is 10.5 Å². The van der Waals surface area contributed by atoms with E-state index in [1.165, 1.54) is 6.33 Å². The first-order valence-corrected chi connectivity index (χ1v) is 5.95. The van der Waals surface area contributed by atoms with Gasteiger partial charge in [0, 0.05) is 0 Å². The Morgan fingerprint density at radius 3 is 2.62 bits per heavy atom. The second-order valence-corrected chi connectivity index (χ2v) is 4.56. The fourth-order valence-corrected chi connectivity index (χ4v) is 1.72. The van der Waals surface area contributed by atoms with Crippen LogP contribution < -0.4 is 10.5 Å². The SMILES string of the molecule is Nc1ncnc(Oc2ccccc2Br)c1Br. The number of anilines is 1. The van der Waals surface area contributed by atoms with Gasteiger partial charge in [-0.05, 0) is 44.0 Å². The molecule has 0 aliphatic carbocycles. The lowest BCUT2D eigenvalue weighted by Crippen LogP contribution is -1.96. The Hall–Kier alpha value is -1.14. The van der Waals surface area contributed by atoms with E-state index < -0.39 is 0 Å². The summed E-state index contributed by atoms with van der Waals surface area (Å²) in [5.41, 5.74) is 5.62. The Morgan fingerprint density at radius 2 is 1.88 bits per heavy atom. The molecular formula is C10H7Br2N3O. The molecule has 2 N–H and O–H groups in total. The smallest absolute Gasteiger partial charge is 0.238 e. The predicted octanol–water partition coefficient (Wildman–Crippen LogP) is 3.38. The van der Waals surface area contributed by atoms with Crippen molar-refractivity contribution in [3.63, 3.8) is 0 Å². The molecule has 0 bridgehead atoms. The van der Waals surface area contributed by atoms with Crippen LogP contribution in [0.2, 0.25) is 0 Å². The second kappa shape index (κ2) is 4.80. The lowest BCUT2D eigenvalue weighted by Gasteiger charge is -2.08. The van der Waals surface area contributed by atoms with E-state index in [0.717, 1.165) is 4.47 Å². The third-order valence-corrected chi connectivity index (χ3v) is 3.23. The van der Waals surface area contributed by atoms with Crippen LogP contribution in [0.4, 0.5) is 5.82 Å². The molecule has 1 aromatic carbocycles. The maximum Gasteiger partial charge on any atom is 0.238 e. The van der Waals surface area contributed by atoms with E-state index in [2.05, 4.69) is 41.8 Å². The molecule has 0 aliphatic rings. The molecule has 0 atom stereocenters. The predicted molar refractivity (Wildman–Crippen MR) is 68.4 cm³/mol. The molecule has 82 valence electrons. The van der Waals surface area contributed by atoms with Gasteiger partial charge in [-0.2, -0.15) is 0 Å². The minimum atomic E-state index is 0.344. The van der Waals surface area contributed by atoms with Crippen molar-refractivity contribution < 1.29 is 4.74 Å². The van der Waals surface area contributed by atoms with Crippen molar-refractivity contribution in [3.05, 3.63) is 39.5 Å². The van der Waals surface area contributed by atoms with E-state index in [1.54, 1.807) is 0 Å². The number of nitrogens with two attached hydrogens (primary N) is 1. The fraction of sp³-hybridized carbons (Fsp3) is 0. The summed E-state index contributed by atoms with van der Waals surface area (Å²) in [5.74, 6) is 1.40. The van der Waals surface area contributed by atoms with Crippen LogP contribution >= 0.6 is 31.9 Å². The molecule has 0 unspecified atom stereocenters. The van der Waals surface area contributed by atoms with Crippen molar-refractivity contribution in [2.24, 2.45) is 0 Å². The zero-order valence-corrected chi connectivity index (χ0v) is 11.2. The first-order valence-electron chi connectivity index (χ1n) is 4.37. The summed E-state index contributed by atoms with van der Waals surface area (Å²) in [7, 11) is 0. The van der Waals surface area contributed by atoms with Crippen molar-refractivity contribution >= 4 is 37.7 Å². The van der Waals surface area contributed by atoms with Crippen LogP contribution in [0.25, 0.3) is 0 Å². The quantitative estimate of drug-likeness (QED) is 0.907. The van der Waals surface area contributed by atoms with Crippen molar-refractivity contribution in [1.82, 2.24) is 9.97 Å². The average Bonchev–Trinajstić information content (AvgIpc) is 2.28. The summed E-state index contributed by atoms with van der Waals surface area (Å²) in [6.07, 6.45) is 1.35. The zero-order valence-electron chi connectivity index (χ0n) is 8.02. The van der Waals surface area contributed by atoms with E-state index in [9.17, 15) is 0 Å². The topological polar surface area (TPSA) is 61.0 Å². The summed E-state index contributed by atoms with van der Waals surface area (Å²) >= 11 is 6.65. The van der Waals surface area contributed by atoms with Crippen molar-refractivity contribution in [1.29, 1.82) is 0 Å². The minimum Gasteiger partial charge on any atom is -0.436 e. The third kappa shape index (κ3) is 2.33. The van der Waals surface area contributed by atoms with Gasteiger partial charge in [-0.3, -0.25) is 0 Å². The van der Waals surface area contributed by atoms with Gasteiger partial charge in [0.2, 0.25) is 5.88 Å². The molecule has 2 aromatic rings. The van der Waals surface area contributed by atoms with E-state index in [4.69, 9.17) is 10.5 Å². The Kier molecular flexibility index (Phi) is 3.40. The Morgan fingerprint density at radius 1 is 1.12 bits per heavy atom. The Labute approximate surface area is 109 Å². The first kappa shape index (κ1) is 11.3. The molecule has 4 nitrogen and oxygen atoms in total. The monoisotopic (exact) mass is 343 g/mol. The van der Waals surface area contributed by atoms with Crippen LogP contribution in [0.1, 0.15) is 0 Å². The van der Waals surface area contributed by atoms with Gasteiger partial charge in [-0.25, -0.2) is 9.97 Å². The van der Waals surface area contributed by atoms with Crippen LogP contribution in [0.15, 0.2) is 39.5 Å². The highest BCUT2D eigenvalue weighted by Gasteiger charge is 2.09. The van der Waals surface area contributed by atoms with Crippen LogP contribution in [-0.2, 0) is 0 Å². The summed E-state index contributed by atoms with van der Waals surface area (Å²) in [4.78, 5) is 7.83. The fourth-order valence-electron chi connectivity index (χ4n) is 1.07. The molecule has 0 fully saturated rings. The van der Waals surface area contributed by atoms with Gasteiger partial charge in [0.25, 0.3) is 0 Å². The summed E-state index contributed by atoms with van der Waals surface area (Å²) in [5, 5.41) is 0. The van der Waals surface area contributed by atoms with E-state index in [1.807, 2.05) is 24.3 Å². The molecule has 0 spiro atoms. The van der Waals surface area contributed by atoms with Crippen LogP contribution in [-0.4, -0.2) is 9.97 Å². The van der Waals surface area contributed by atoms with Gasteiger partial charge in [0.15, 0.2) is 0 Å². The van der Waals surface area contributed by atoms with Crippen LogP contribution in [0.3, 0.4) is 0 Å². The van der Waals surface area contributed by atoms with Crippen LogP contribution in [0, 0.1) is 0 Å². The number of hydrogen-bond donors (Lipinski definition) is 1. The number of hydrogen-bond acceptors (Lipinski definition) is 4. The Balaban J connectivity index is 2.35. The molecule has 0 radical (unpaired) electrons.